The van der Waals surface area contributed by atoms with Crippen LogP contribution in [0.2, 0.25) is 0 Å². The molecule has 0 fully saturated rings. The Morgan fingerprint density at radius 3 is 2.22 bits per heavy atom. The van der Waals surface area contributed by atoms with E-state index in [9.17, 15) is 9.90 Å². The zero-order valence-corrected chi connectivity index (χ0v) is 13.7. The number of aliphatic hydroxyl groups excluding tert-OH is 1. The van der Waals surface area contributed by atoms with E-state index in [2.05, 4.69) is 0 Å². The number of hydrogen-bond donors (Lipinski definition) is 1. The molecule has 0 bridgehead atoms. The third-order valence-corrected chi connectivity index (χ3v) is 4.40. The second-order valence-electron chi connectivity index (χ2n) is 5.32. The minimum Gasteiger partial charge on any atom is -0.494 e. The molecule has 2 aliphatic heterocycles. The number of ketones is 1. The van der Waals surface area contributed by atoms with Crippen LogP contribution >= 0.6 is 0 Å². The van der Waals surface area contributed by atoms with E-state index in [1.165, 1.54) is 39.4 Å². The van der Waals surface area contributed by atoms with Crippen molar-refractivity contribution in [3.63, 3.8) is 0 Å². The highest BCUT2D eigenvalue weighted by molar-refractivity contribution is 6.19. The molecule has 0 saturated heterocycles. The van der Waals surface area contributed by atoms with Gasteiger partial charge >= 0.3 is 0 Å². The van der Waals surface area contributed by atoms with E-state index in [0.29, 0.717) is 28.5 Å². The van der Waals surface area contributed by atoms with Gasteiger partial charge in [0.15, 0.2) is 11.5 Å². The van der Waals surface area contributed by atoms with Crippen LogP contribution in [0.4, 0.5) is 5.69 Å². The van der Waals surface area contributed by atoms with Crippen LogP contribution in [0.25, 0.3) is 0 Å². The van der Waals surface area contributed by atoms with Crippen LogP contribution in [-0.4, -0.2) is 51.3 Å². The fourth-order valence-electron chi connectivity index (χ4n) is 3.42. The molecule has 0 spiro atoms. The predicted octanol–water partition coefficient (Wildman–Crippen LogP) is 1.25. The number of fused-ring (bicyclic) bond motifs is 3. The van der Waals surface area contributed by atoms with Crippen molar-refractivity contribution in [1.82, 2.24) is 0 Å². The summed E-state index contributed by atoms with van der Waals surface area (Å²) in [4.78, 5) is 14.6. The highest BCUT2D eigenvalue weighted by Crippen LogP contribution is 2.56. The number of anilines is 1. The Bertz CT molecular complexity index is 713. The van der Waals surface area contributed by atoms with Crippen LogP contribution in [0.5, 0.6) is 17.2 Å². The topological polar surface area (TPSA) is 77.5 Å². The van der Waals surface area contributed by atoms with Crippen LogP contribution in [0, 0.1) is 6.92 Å². The minimum absolute atomic E-state index is 0.275. The number of aliphatic hydroxyl groups is 1. The molecule has 2 heterocycles. The monoisotopic (exact) mass is 321 g/mol. The van der Waals surface area contributed by atoms with Gasteiger partial charge in [-0.3, -0.25) is 9.69 Å². The van der Waals surface area contributed by atoms with Gasteiger partial charge in [-0.15, -0.1) is 0 Å². The molecule has 7 heteroatoms. The molecule has 124 valence electrons. The molecule has 0 amide bonds. The highest BCUT2D eigenvalue weighted by Gasteiger charge is 2.58. The first-order valence-corrected chi connectivity index (χ1v) is 7.07. The first-order valence-electron chi connectivity index (χ1n) is 7.07. The average molecular weight is 321 g/mol. The second-order valence-corrected chi connectivity index (χ2v) is 5.32. The lowest BCUT2D eigenvalue weighted by Gasteiger charge is -2.32. The number of rotatable bonds is 4. The molecule has 0 saturated carbocycles. The molecule has 2 aliphatic rings. The lowest BCUT2D eigenvalue weighted by Crippen LogP contribution is -2.50. The van der Waals surface area contributed by atoms with E-state index in [4.69, 9.17) is 18.9 Å². The predicted molar refractivity (Wildman–Crippen MR) is 82.5 cm³/mol. The summed E-state index contributed by atoms with van der Waals surface area (Å²) in [5.41, 5.74) is -0.0188. The number of methoxy groups -OCH3 is 4. The quantitative estimate of drug-likeness (QED) is 0.836. The van der Waals surface area contributed by atoms with Crippen molar-refractivity contribution in [1.29, 1.82) is 0 Å². The standard InChI is InChI=1S/C16H19NO6/c1-8-12(20-2)11-10(14(22-4)13(8)21-3)15(19)16(23-5)7-6-9(18)17(11)16/h6-7,9,18H,1-5H3/t9-,16-/m0/s1. The third kappa shape index (κ3) is 1.69. The number of ether oxygens (including phenoxy) is 4. The maximum Gasteiger partial charge on any atom is 0.228 e. The van der Waals surface area contributed by atoms with E-state index in [0.717, 1.165) is 0 Å². The van der Waals surface area contributed by atoms with E-state index in [1.54, 1.807) is 13.0 Å². The van der Waals surface area contributed by atoms with Gasteiger partial charge < -0.3 is 24.1 Å². The smallest absolute Gasteiger partial charge is 0.228 e. The normalized spacial score (nSPS) is 24.7. The van der Waals surface area contributed by atoms with Crippen LogP contribution in [0.3, 0.4) is 0 Å². The van der Waals surface area contributed by atoms with E-state index < -0.39 is 12.0 Å². The molecular formula is C16H19NO6. The molecule has 1 N–H and O–H groups in total. The Kier molecular flexibility index (Phi) is 3.50. The van der Waals surface area contributed by atoms with Gasteiger partial charge in [0.2, 0.25) is 11.5 Å². The maximum absolute atomic E-state index is 13.1. The van der Waals surface area contributed by atoms with Gasteiger partial charge in [0.05, 0.1) is 26.9 Å². The summed E-state index contributed by atoms with van der Waals surface area (Å²) >= 11 is 0. The van der Waals surface area contributed by atoms with Gasteiger partial charge in [0.1, 0.15) is 17.7 Å². The zero-order chi connectivity index (χ0) is 16.9. The molecule has 0 radical (unpaired) electrons. The lowest BCUT2D eigenvalue weighted by molar-refractivity contribution is 0.0225. The van der Waals surface area contributed by atoms with Crippen molar-refractivity contribution in [2.45, 2.75) is 18.9 Å². The highest BCUT2D eigenvalue weighted by atomic mass is 16.5. The van der Waals surface area contributed by atoms with Gasteiger partial charge in [-0.05, 0) is 19.1 Å². The average Bonchev–Trinajstić information content (AvgIpc) is 3.02. The van der Waals surface area contributed by atoms with Crippen molar-refractivity contribution in [3.8, 4) is 17.2 Å². The first kappa shape index (κ1) is 15.6. The van der Waals surface area contributed by atoms with Crippen LogP contribution < -0.4 is 19.1 Å². The number of carbonyl (C=O) groups excluding carboxylic acids is 1. The summed E-state index contributed by atoms with van der Waals surface area (Å²) in [6.07, 6.45) is 2.04. The van der Waals surface area contributed by atoms with Crippen LogP contribution in [-0.2, 0) is 4.74 Å². The van der Waals surface area contributed by atoms with Crippen LogP contribution in [0.15, 0.2) is 12.2 Å². The lowest BCUT2D eigenvalue weighted by atomic mass is 10.0. The fraction of sp³-hybridized carbons (Fsp3) is 0.438. The van der Waals surface area contributed by atoms with E-state index >= 15 is 0 Å². The fourth-order valence-corrected chi connectivity index (χ4v) is 3.42. The molecule has 0 aliphatic carbocycles. The van der Waals surface area contributed by atoms with Crippen molar-refractivity contribution < 1.29 is 28.8 Å². The molecule has 7 nitrogen and oxygen atoms in total. The number of nitrogens with zero attached hydrogens (tertiary/aromatic N) is 1. The van der Waals surface area contributed by atoms with Gasteiger partial charge in [0.25, 0.3) is 0 Å². The van der Waals surface area contributed by atoms with Gasteiger partial charge in [0, 0.05) is 12.7 Å². The Morgan fingerprint density at radius 1 is 1.09 bits per heavy atom. The molecule has 1 aromatic rings. The Hall–Kier alpha value is -2.25. The van der Waals surface area contributed by atoms with Crippen molar-refractivity contribution in [2.24, 2.45) is 0 Å². The molecular weight excluding hydrogens is 302 g/mol. The number of hydrogen-bond acceptors (Lipinski definition) is 7. The minimum atomic E-state index is -1.40. The van der Waals surface area contributed by atoms with Gasteiger partial charge in [-0.1, -0.05) is 0 Å². The molecule has 2 atom stereocenters. The summed E-state index contributed by atoms with van der Waals surface area (Å²) in [7, 11) is 5.88. The van der Waals surface area contributed by atoms with E-state index in [1.807, 2.05) is 0 Å². The third-order valence-electron chi connectivity index (χ3n) is 4.40. The molecule has 3 rings (SSSR count). The van der Waals surface area contributed by atoms with Gasteiger partial charge in [-0.25, -0.2) is 0 Å². The van der Waals surface area contributed by atoms with Gasteiger partial charge in [-0.2, -0.15) is 0 Å². The SMILES string of the molecule is COc1c(C)c(OC)c2c(c1OC)C(=O)[C@@]1(OC)C=C[C@H](O)N21. The number of Topliss-reactive ketones (excluding diaryl/α,β-unsaturated/α-hetero) is 1. The Morgan fingerprint density at radius 2 is 1.70 bits per heavy atom. The first-order chi connectivity index (χ1) is 11.0. The molecule has 0 unspecified atom stereocenters. The molecule has 23 heavy (non-hydrogen) atoms. The summed E-state index contributed by atoms with van der Waals surface area (Å²) < 4.78 is 21.8. The van der Waals surface area contributed by atoms with Crippen molar-refractivity contribution in [2.75, 3.05) is 33.3 Å². The molecule has 0 aromatic heterocycles. The Labute approximate surface area is 134 Å². The Balaban J connectivity index is 2.41. The molecule has 1 aromatic carbocycles. The number of carbonyl (C=O) groups is 1. The summed E-state index contributed by atoms with van der Waals surface area (Å²) in [6, 6.07) is 0. The summed E-state index contributed by atoms with van der Waals surface area (Å²) in [5, 5.41) is 10.3. The summed E-state index contributed by atoms with van der Waals surface area (Å²) in [5.74, 6) is 0.823. The number of benzene rings is 1. The van der Waals surface area contributed by atoms with Crippen molar-refractivity contribution >= 4 is 11.5 Å². The zero-order valence-electron chi connectivity index (χ0n) is 13.7. The van der Waals surface area contributed by atoms with Crippen LogP contribution in [0.1, 0.15) is 15.9 Å². The second kappa shape index (κ2) is 5.14. The summed E-state index contributed by atoms with van der Waals surface area (Å²) in [6.45, 7) is 1.80. The maximum atomic E-state index is 13.1. The van der Waals surface area contributed by atoms with E-state index in [-0.39, 0.29) is 11.3 Å². The van der Waals surface area contributed by atoms with Crippen molar-refractivity contribution in [3.05, 3.63) is 23.3 Å². The largest absolute Gasteiger partial charge is 0.494 e.